The lowest BCUT2D eigenvalue weighted by atomic mass is 10.1. The Kier molecular flexibility index (Phi) is 5.19. The van der Waals surface area contributed by atoms with E-state index < -0.39 is 11.9 Å². The van der Waals surface area contributed by atoms with Crippen LogP contribution in [0.1, 0.15) is 23.9 Å². The second-order valence-corrected chi connectivity index (χ2v) is 5.61. The lowest BCUT2D eigenvalue weighted by Gasteiger charge is -2.15. The van der Waals surface area contributed by atoms with Crippen LogP contribution >= 0.6 is 11.6 Å². The molecule has 3 heterocycles. The minimum Gasteiger partial charge on any atom is -0.345 e. The summed E-state index contributed by atoms with van der Waals surface area (Å²) in [6, 6.07) is 6.02. The molecule has 0 spiro atoms. The van der Waals surface area contributed by atoms with E-state index >= 15 is 0 Å². The highest BCUT2D eigenvalue weighted by molar-refractivity contribution is 6.28. The third kappa shape index (κ3) is 4.40. The van der Waals surface area contributed by atoms with E-state index in [1.165, 1.54) is 12.1 Å². The first-order valence-electron chi connectivity index (χ1n) is 7.49. The highest BCUT2D eigenvalue weighted by Gasteiger charge is 2.16. The van der Waals surface area contributed by atoms with Crippen molar-refractivity contribution in [1.82, 2.24) is 30.1 Å². The number of H-pyrrole nitrogens is 1. The molecule has 0 amide bonds. The summed E-state index contributed by atoms with van der Waals surface area (Å²) < 4.78 is 13.1. The van der Waals surface area contributed by atoms with Crippen molar-refractivity contribution in [1.29, 1.82) is 5.26 Å². The summed E-state index contributed by atoms with van der Waals surface area (Å²) in [5.41, 5.74) is 1.34. The maximum atomic E-state index is 13.1. The number of aromatic nitrogens is 6. The molecule has 132 valence electrons. The summed E-state index contributed by atoms with van der Waals surface area (Å²) in [5, 5.41) is 21.7. The van der Waals surface area contributed by atoms with Crippen LogP contribution in [0.3, 0.4) is 0 Å². The van der Waals surface area contributed by atoms with Gasteiger partial charge in [-0.25, -0.2) is 4.39 Å². The zero-order valence-corrected chi connectivity index (χ0v) is 14.3. The standard InChI is InChI=1S/C15H13ClFN9/c1-8-6-12(26-25-8)21-15-23-13(16)22-14(24-15)20-11(4-5-18)10-3-2-9(17)7-19-10/h2-3,6-7,11H,4H2,1H3,(H3,20,21,22,23,24,25,26). The summed E-state index contributed by atoms with van der Waals surface area (Å²) in [4.78, 5) is 16.2. The van der Waals surface area contributed by atoms with Gasteiger partial charge in [-0.05, 0) is 30.7 Å². The van der Waals surface area contributed by atoms with Crippen molar-refractivity contribution in [3.05, 3.63) is 46.9 Å². The molecule has 0 bridgehead atoms. The van der Waals surface area contributed by atoms with Gasteiger partial charge in [-0.15, -0.1) is 0 Å². The lowest BCUT2D eigenvalue weighted by molar-refractivity contribution is 0.616. The Morgan fingerprint density at radius 1 is 1.31 bits per heavy atom. The molecule has 3 rings (SSSR count). The number of aromatic amines is 1. The molecule has 0 aliphatic rings. The highest BCUT2D eigenvalue weighted by Crippen LogP contribution is 2.21. The van der Waals surface area contributed by atoms with Crippen LogP contribution in [0.2, 0.25) is 5.28 Å². The fourth-order valence-corrected chi connectivity index (χ4v) is 2.30. The second kappa shape index (κ2) is 7.71. The number of hydrogen-bond donors (Lipinski definition) is 3. The smallest absolute Gasteiger partial charge is 0.234 e. The van der Waals surface area contributed by atoms with Crippen LogP contribution in [0.25, 0.3) is 0 Å². The average molecular weight is 374 g/mol. The third-order valence-corrected chi connectivity index (χ3v) is 3.43. The summed E-state index contributed by atoms with van der Waals surface area (Å²) in [5.74, 6) is 0.380. The zero-order valence-electron chi connectivity index (χ0n) is 13.5. The monoisotopic (exact) mass is 373 g/mol. The summed E-state index contributed by atoms with van der Waals surface area (Å²) in [6.45, 7) is 1.85. The van der Waals surface area contributed by atoms with Crippen LogP contribution in [0, 0.1) is 24.1 Å². The second-order valence-electron chi connectivity index (χ2n) is 5.27. The van der Waals surface area contributed by atoms with E-state index in [1.807, 2.05) is 13.0 Å². The van der Waals surface area contributed by atoms with E-state index in [4.69, 9.17) is 16.9 Å². The zero-order chi connectivity index (χ0) is 18.5. The Balaban J connectivity index is 1.82. The van der Waals surface area contributed by atoms with Gasteiger partial charge in [0, 0.05) is 11.8 Å². The fourth-order valence-electron chi connectivity index (χ4n) is 2.14. The largest absolute Gasteiger partial charge is 0.345 e. The molecule has 3 aromatic rings. The van der Waals surface area contributed by atoms with Gasteiger partial charge in [0.25, 0.3) is 0 Å². The fraction of sp³-hybridized carbons (Fsp3) is 0.200. The number of hydrogen-bond acceptors (Lipinski definition) is 8. The van der Waals surface area contributed by atoms with E-state index in [9.17, 15) is 4.39 Å². The molecule has 0 aliphatic heterocycles. The Morgan fingerprint density at radius 2 is 2.12 bits per heavy atom. The first-order chi connectivity index (χ1) is 12.5. The number of aryl methyl sites for hydroxylation is 1. The molecule has 0 aromatic carbocycles. The molecule has 1 atom stereocenters. The van der Waals surface area contributed by atoms with Gasteiger partial charge in [0.2, 0.25) is 17.2 Å². The van der Waals surface area contributed by atoms with Crippen LogP contribution in [0.15, 0.2) is 24.4 Å². The Hall–Kier alpha value is -3.32. The van der Waals surface area contributed by atoms with Crippen LogP contribution in [0.5, 0.6) is 0 Å². The molecule has 3 aromatic heterocycles. The molecule has 0 fully saturated rings. The predicted octanol–water partition coefficient (Wildman–Crippen LogP) is 2.90. The van der Waals surface area contributed by atoms with Crippen molar-refractivity contribution in [2.75, 3.05) is 10.6 Å². The number of anilines is 3. The van der Waals surface area contributed by atoms with Crippen molar-refractivity contribution in [2.24, 2.45) is 0 Å². The van der Waals surface area contributed by atoms with Crippen LogP contribution < -0.4 is 10.6 Å². The maximum Gasteiger partial charge on any atom is 0.234 e. The minimum atomic E-state index is -0.542. The quantitative estimate of drug-likeness (QED) is 0.601. The van der Waals surface area contributed by atoms with Gasteiger partial charge >= 0.3 is 0 Å². The molecule has 9 nitrogen and oxygen atoms in total. The number of rotatable bonds is 6. The van der Waals surface area contributed by atoms with Crippen molar-refractivity contribution >= 4 is 29.3 Å². The molecule has 0 saturated heterocycles. The molecule has 11 heteroatoms. The van der Waals surface area contributed by atoms with Gasteiger partial charge in [-0.2, -0.15) is 25.3 Å². The molecule has 0 saturated carbocycles. The van der Waals surface area contributed by atoms with Gasteiger partial charge in [0.15, 0.2) is 5.82 Å². The van der Waals surface area contributed by atoms with Crippen molar-refractivity contribution in [3.8, 4) is 6.07 Å². The Labute approximate surface area is 152 Å². The van der Waals surface area contributed by atoms with E-state index in [0.717, 1.165) is 11.9 Å². The Bertz CT molecular complexity index is 935. The van der Waals surface area contributed by atoms with E-state index in [2.05, 4.69) is 40.8 Å². The number of halogens is 2. The van der Waals surface area contributed by atoms with Crippen LogP contribution in [-0.4, -0.2) is 30.1 Å². The van der Waals surface area contributed by atoms with Gasteiger partial charge in [-0.1, -0.05) is 0 Å². The highest BCUT2D eigenvalue weighted by atomic mass is 35.5. The number of nitriles is 1. The predicted molar refractivity (Wildman–Crippen MR) is 92.2 cm³/mol. The summed E-state index contributed by atoms with van der Waals surface area (Å²) in [7, 11) is 0. The van der Waals surface area contributed by atoms with Crippen LogP contribution in [-0.2, 0) is 0 Å². The van der Waals surface area contributed by atoms with Crippen molar-refractivity contribution in [3.63, 3.8) is 0 Å². The normalized spacial score (nSPS) is 11.6. The third-order valence-electron chi connectivity index (χ3n) is 3.26. The van der Waals surface area contributed by atoms with Crippen molar-refractivity contribution < 1.29 is 4.39 Å². The number of pyridine rings is 1. The Morgan fingerprint density at radius 3 is 2.77 bits per heavy atom. The number of nitrogens with one attached hydrogen (secondary N) is 3. The van der Waals surface area contributed by atoms with E-state index in [0.29, 0.717) is 11.5 Å². The number of nitrogens with zero attached hydrogens (tertiary/aromatic N) is 6. The van der Waals surface area contributed by atoms with Gasteiger partial charge in [0.1, 0.15) is 5.82 Å². The van der Waals surface area contributed by atoms with Gasteiger partial charge in [0.05, 0.1) is 30.4 Å². The molecular weight excluding hydrogens is 361 g/mol. The van der Waals surface area contributed by atoms with Gasteiger partial charge < -0.3 is 10.6 Å². The average Bonchev–Trinajstić information content (AvgIpc) is 2.99. The molecule has 1 unspecified atom stereocenters. The molecule has 3 N–H and O–H groups in total. The SMILES string of the molecule is Cc1cc(Nc2nc(Cl)nc(NC(CC#N)c3ccc(F)cn3)n2)n[nH]1. The van der Waals surface area contributed by atoms with Gasteiger partial charge in [-0.3, -0.25) is 10.1 Å². The lowest BCUT2D eigenvalue weighted by Crippen LogP contribution is -2.15. The summed E-state index contributed by atoms with van der Waals surface area (Å²) in [6.07, 6.45) is 1.15. The minimum absolute atomic E-state index is 0.0416. The molecular formula is C15H13ClFN9. The summed E-state index contributed by atoms with van der Waals surface area (Å²) >= 11 is 5.95. The van der Waals surface area contributed by atoms with Crippen LogP contribution in [0.4, 0.5) is 22.1 Å². The van der Waals surface area contributed by atoms with E-state index in [1.54, 1.807) is 6.07 Å². The van der Waals surface area contributed by atoms with E-state index in [-0.39, 0.29) is 23.6 Å². The molecule has 0 radical (unpaired) electrons. The first kappa shape index (κ1) is 17.5. The first-order valence-corrected chi connectivity index (χ1v) is 7.87. The molecule has 0 aliphatic carbocycles. The molecule has 26 heavy (non-hydrogen) atoms. The maximum absolute atomic E-state index is 13.1. The van der Waals surface area contributed by atoms with Crippen molar-refractivity contribution in [2.45, 2.75) is 19.4 Å². The topological polar surface area (TPSA) is 128 Å².